The van der Waals surface area contributed by atoms with E-state index in [0.717, 1.165) is 53.1 Å². The number of ether oxygens (including phenoxy) is 1. The van der Waals surface area contributed by atoms with Crippen molar-refractivity contribution in [1.82, 2.24) is 14.9 Å². The Morgan fingerprint density at radius 2 is 1.89 bits per heavy atom. The zero-order valence-corrected chi connectivity index (χ0v) is 21.6. The molecular formula is C28H32N4O2S. The lowest BCUT2D eigenvalue weighted by Gasteiger charge is -2.42. The van der Waals surface area contributed by atoms with Crippen LogP contribution in [0.25, 0.3) is 11.3 Å². The van der Waals surface area contributed by atoms with E-state index in [2.05, 4.69) is 50.6 Å². The van der Waals surface area contributed by atoms with E-state index in [9.17, 15) is 4.79 Å². The molecule has 2 aliphatic rings. The molecule has 6 bridgehead atoms. The fraction of sp³-hybridized carbons (Fsp3) is 0.393. The van der Waals surface area contributed by atoms with Gasteiger partial charge in [0, 0.05) is 28.6 Å². The van der Waals surface area contributed by atoms with Gasteiger partial charge in [-0.1, -0.05) is 38.1 Å². The van der Waals surface area contributed by atoms with E-state index in [1.165, 1.54) is 11.9 Å². The van der Waals surface area contributed by atoms with Crippen molar-refractivity contribution in [3.05, 3.63) is 65.2 Å². The smallest absolute Gasteiger partial charge is 0.254 e. The number of fused-ring (bicyclic) bond motifs is 6. The van der Waals surface area contributed by atoms with Gasteiger partial charge in [-0.05, 0) is 80.3 Å². The van der Waals surface area contributed by atoms with Crippen LogP contribution in [0.4, 0.5) is 5.95 Å². The number of amides is 1. The summed E-state index contributed by atoms with van der Waals surface area (Å²) in [5, 5.41) is 0. The Hall–Kier alpha value is -3.06. The first-order chi connectivity index (χ1) is 16.9. The molecule has 2 atom stereocenters. The first kappa shape index (κ1) is 23.7. The number of piperidine rings is 1. The number of benzene rings is 2. The second-order valence-electron chi connectivity index (χ2n) is 9.91. The fourth-order valence-electron chi connectivity index (χ4n) is 5.17. The van der Waals surface area contributed by atoms with Crippen molar-refractivity contribution in [1.29, 1.82) is 0 Å². The molecule has 0 radical (unpaired) electrons. The maximum Gasteiger partial charge on any atom is 0.254 e. The first-order valence-electron chi connectivity index (χ1n) is 12.4. The summed E-state index contributed by atoms with van der Waals surface area (Å²) in [7, 11) is 0. The van der Waals surface area contributed by atoms with Gasteiger partial charge in [0.1, 0.15) is 6.10 Å². The van der Waals surface area contributed by atoms with Crippen LogP contribution in [-0.2, 0) is 0 Å². The van der Waals surface area contributed by atoms with Crippen molar-refractivity contribution < 1.29 is 9.53 Å². The Balaban J connectivity index is 1.63. The fourth-order valence-corrected chi connectivity index (χ4v) is 5.80. The molecule has 2 aliphatic heterocycles. The molecule has 1 aromatic heterocycles. The van der Waals surface area contributed by atoms with Crippen molar-refractivity contribution in [2.24, 2.45) is 5.92 Å². The number of hydrogen-bond donors (Lipinski definition) is 1. The Bertz CT molecular complexity index is 1230. The third kappa shape index (κ3) is 5.01. The predicted molar refractivity (Wildman–Crippen MR) is 141 cm³/mol. The predicted octanol–water partition coefficient (Wildman–Crippen LogP) is 6.29. The van der Waals surface area contributed by atoms with Gasteiger partial charge in [0.25, 0.3) is 5.91 Å². The average molecular weight is 489 g/mol. The number of aromatic nitrogens is 2. The highest BCUT2D eigenvalue weighted by Crippen LogP contribution is 2.34. The van der Waals surface area contributed by atoms with Crippen LogP contribution in [0.3, 0.4) is 0 Å². The zero-order valence-electron chi connectivity index (χ0n) is 20.7. The maximum atomic E-state index is 13.6. The van der Waals surface area contributed by atoms with Gasteiger partial charge >= 0.3 is 0 Å². The molecule has 7 heteroatoms. The van der Waals surface area contributed by atoms with E-state index in [1.807, 2.05) is 35.2 Å². The van der Waals surface area contributed by atoms with Crippen LogP contribution in [0.15, 0.2) is 53.4 Å². The molecule has 35 heavy (non-hydrogen) atoms. The number of hydrogen-bond acceptors (Lipinski definition) is 6. The maximum absolute atomic E-state index is 13.6. The highest BCUT2D eigenvalue weighted by Gasteiger charge is 2.37. The lowest BCUT2D eigenvalue weighted by molar-refractivity contribution is 0.0140. The van der Waals surface area contributed by atoms with Gasteiger partial charge in [-0.15, -0.1) is 0 Å². The molecule has 0 aliphatic carbocycles. The molecule has 2 aromatic carbocycles. The minimum atomic E-state index is -0.125. The monoisotopic (exact) mass is 488 g/mol. The molecule has 2 unspecified atom stereocenters. The number of nitrogens with one attached hydrogen (secondary N) is 1. The highest BCUT2D eigenvalue weighted by atomic mass is 32.2. The Morgan fingerprint density at radius 1 is 1.11 bits per heavy atom. The van der Waals surface area contributed by atoms with Gasteiger partial charge in [0.15, 0.2) is 0 Å². The number of carbonyl (C=O) groups excluding carboxylic acids is 1. The van der Waals surface area contributed by atoms with Crippen LogP contribution in [-0.4, -0.2) is 39.5 Å². The Morgan fingerprint density at radius 3 is 2.66 bits per heavy atom. The summed E-state index contributed by atoms with van der Waals surface area (Å²) in [6.07, 6.45) is 2.55. The standard InChI is InChI=1S/C28H32N4O2S/c1-17(2)14-23-24-12-7-13-32(23)27(33)20-10-6-11-21(15-20)35-31-28-29-22(16-25(30-28)34-24)26-18(3)8-5-9-19(26)4/h5-6,8-11,15-17,23-24H,7,12-14H2,1-4H3,(H,29,30,31). The second-order valence-corrected chi connectivity index (χ2v) is 10.8. The average Bonchev–Trinajstić information content (AvgIpc) is 2.83. The van der Waals surface area contributed by atoms with Crippen LogP contribution < -0.4 is 9.46 Å². The summed E-state index contributed by atoms with van der Waals surface area (Å²) in [4.78, 5) is 26.2. The molecule has 5 rings (SSSR count). The van der Waals surface area contributed by atoms with Crippen LogP contribution in [0.5, 0.6) is 5.88 Å². The van der Waals surface area contributed by atoms with Crippen molar-refractivity contribution in [2.75, 3.05) is 11.3 Å². The first-order valence-corrected chi connectivity index (χ1v) is 13.2. The van der Waals surface area contributed by atoms with Crippen LogP contribution >= 0.6 is 11.9 Å². The quantitative estimate of drug-likeness (QED) is 0.437. The molecule has 1 fully saturated rings. The van der Waals surface area contributed by atoms with E-state index in [0.29, 0.717) is 23.3 Å². The summed E-state index contributed by atoms with van der Waals surface area (Å²) in [5.41, 5.74) is 4.95. The summed E-state index contributed by atoms with van der Waals surface area (Å²) in [6, 6.07) is 16.0. The highest BCUT2D eigenvalue weighted by molar-refractivity contribution is 8.00. The van der Waals surface area contributed by atoms with Crippen molar-refractivity contribution in [3.8, 4) is 17.1 Å². The van der Waals surface area contributed by atoms with E-state index in [-0.39, 0.29) is 18.1 Å². The molecular weight excluding hydrogens is 456 g/mol. The molecule has 1 saturated heterocycles. The lowest BCUT2D eigenvalue weighted by atomic mass is 9.90. The summed E-state index contributed by atoms with van der Waals surface area (Å²) < 4.78 is 9.90. The van der Waals surface area contributed by atoms with Crippen LogP contribution in [0, 0.1) is 19.8 Å². The molecule has 182 valence electrons. The molecule has 0 saturated carbocycles. The second kappa shape index (κ2) is 9.90. The van der Waals surface area contributed by atoms with Gasteiger partial charge in [-0.2, -0.15) is 4.98 Å². The van der Waals surface area contributed by atoms with Crippen molar-refractivity contribution in [3.63, 3.8) is 0 Å². The zero-order chi connectivity index (χ0) is 24.5. The summed E-state index contributed by atoms with van der Waals surface area (Å²) >= 11 is 1.40. The number of carbonyl (C=O) groups is 1. The van der Waals surface area contributed by atoms with E-state index in [4.69, 9.17) is 14.7 Å². The molecule has 6 nitrogen and oxygen atoms in total. The SMILES string of the molecule is Cc1cccc(C)c1-c1cc2nc(n1)NSc1cccc(c1)C(=O)N1CCCC(O2)C1CC(C)C. The van der Waals surface area contributed by atoms with E-state index in [1.54, 1.807) is 0 Å². The molecule has 0 spiro atoms. The number of anilines is 1. The number of rotatable bonds is 3. The lowest BCUT2D eigenvalue weighted by Crippen LogP contribution is -2.53. The van der Waals surface area contributed by atoms with Crippen molar-refractivity contribution in [2.45, 2.75) is 64.0 Å². The van der Waals surface area contributed by atoms with Gasteiger partial charge in [-0.3, -0.25) is 9.52 Å². The molecule has 1 N–H and O–H groups in total. The summed E-state index contributed by atoms with van der Waals surface area (Å²) in [6.45, 7) is 9.35. The van der Waals surface area contributed by atoms with Gasteiger partial charge < -0.3 is 9.64 Å². The van der Waals surface area contributed by atoms with Gasteiger partial charge in [0.05, 0.1) is 11.7 Å². The third-order valence-corrected chi connectivity index (χ3v) is 7.52. The van der Waals surface area contributed by atoms with Gasteiger partial charge in [-0.25, -0.2) is 4.98 Å². The van der Waals surface area contributed by atoms with Crippen LogP contribution in [0.2, 0.25) is 0 Å². The third-order valence-electron chi connectivity index (χ3n) is 6.74. The van der Waals surface area contributed by atoms with Crippen LogP contribution in [0.1, 0.15) is 54.6 Å². The minimum absolute atomic E-state index is 0.0108. The Kier molecular flexibility index (Phi) is 6.69. The van der Waals surface area contributed by atoms with E-state index < -0.39 is 0 Å². The Labute approximate surface area is 211 Å². The molecule has 1 amide bonds. The van der Waals surface area contributed by atoms with Gasteiger partial charge in [0.2, 0.25) is 11.8 Å². The topological polar surface area (TPSA) is 67.4 Å². The number of nitrogens with zero attached hydrogens (tertiary/aromatic N) is 3. The largest absolute Gasteiger partial charge is 0.472 e. The van der Waals surface area contributed by atoms with Crippen molar-refractivity contribution >= 4 is 23.8 Å². The minimum Gasteiger partial charge on any atom is -0.472 e. The summed E-state index contributed by atoms with van der Waals surface area (Å²) in [5.74, 6) is 1.54. The number of aryl methyl sites for hydroxylation is 2. The molecule has 3 aromatic rings. The normalized spacial score (nSPS) is 19.8. The molecule has 3 heterocycles. The van der Waals surface area contributed by atoms with E-state index >= 15 is 0 Å².